The van der Waals surface area contributed by atoms with Gasteiger partial charge in [0.1, 0.15) is 23.9 Å². The molecule has 2 heterocycles. The number of carbonyl (C=O) groups is 2. The van der Waals surface area contributed by atoms with Gasteiger partial charge in [0.2, 0.25) is 6.33 Å². The van der Waals surface area contributed by atoms with Crippen molar-refractivity contribution in [1.29, 1.82) is 0 Å². The summed E-state index contributed by atoms with van der Waals surface area (Å²) in [5.74, 6) is -0.627. The molecule has 1 amide bonds. The summed E-state index contributed by atoms with van der Waals surface area (Å²) < 4.78 is 8.66. The van der Waals surface area contributed by atoms with Crippen molar-refractivity contribution in [3.8, 4) is 0 Å². The van der Waals surface area contributed by atoms with Gasteiger partial charge in [-0.15, -0.1) is 11.3 Å². The zero-order chi connectivity index (χ0) is 19.4. The van der Waals surface area contributed by atoms with Crippen molar-refractivity contribution in [2.24, 2.45) is 0 Å². The molecular formula is C20H22ClN3O3S. The molecule has 3 aromatic rings. The normalized spacial score (nSPS) is 10.2. The Morgan fingerprint density at radius 3 is 2.61 bits per heavy atom. The first kappa shape index (κ1) is 21.7. The van der Waals surface area contributed by atoms with Gasteiger partial charge in [-0.3, -0.25) is 4.79 Å². The second-order valence-electron chi connectivity index (χ2n) is 6.27. The summed E-state index contributed by atoms with van der Waals surface area (Å²) in [6, 6.07) is 10.1. The summed E-state index contributed by atoms with van der Waals surface area (Å²) in [5, 5.41) is 3.38. The van der Waals surface area contributed by atoms with Crippen LogP contribution in [0.25, 0.3) is 0 Å². The van der Waals surface area contributed by atoms with E-state index in [9.17, 15) is 9.59 Å². The minimum absolute atomic E-state index is 0. The molecule has 0 bridgehead atoms. The molecule has 6 nitrogen and oxygen atoms in total. The van der Waals surface area contributed by atoms with E-state index in [0.29, 0.717) is 10.6 Å². The highest BCUT2D eigenvalue weighted by atomic mass is 35.5. The third kappa shape index (κ3) is 4.99. The van der Waals surface area contributed by atoms with Gasteiger partial charge in [0.05, 0.1) is 12.7 Å². The Kier molecular flexibility index (Phi) is 7.37. The number of rotatable bonds is 6. The van der Waals surface area contributed by atoms with Crippen LogP contribution in [0.3, 0.4) is 0 Å². The predicted octanol–water partition coefficient (Wildman–Crippen LogP) is -0.0685. The zero-order valence-electron chi connectivity index (χ0n) is 15.9. The van der Waals surface area contributed by atoms with Crippen LogP contribution >= 0.6 is 11.3 Å². The number of imidazole rings is 1. The van der Waals surface area contributed by atoms with Crippen molar-refractivity contribution >= 4 is 28.2 Å². The number of hydrogen-bond acceptors (Lipinski definition) is 4. The molecule has 0 saturated carbocycles. The maximum atomic E-state index is 12.4. The fourth-order valence-electron chi connectivity index (χ4n) is 2.81. The molecule has 1 aromatic carbocycles. The molecule has 1 N–H and O–H groups in total. The quantitative estimate of drug-likeness (QED) is 0.449. The second-order valence-corrected chi connectivity index (χ2v) is 7.50. The van der Waals surface area contributed by atoms with Crippen molar-refractivity contribution in [2.75, 3.05) is 12.4 Å². The molecule has 148 valence electrons. The lowest BCUT2D eigenvalue weighted by molar-refractivity contribution is -0.687. The number of anilines is 1. The first-order valence-corrected chi connectivity index (χ1v) is 9.36. The molecule has 0 spiro atoms. The number of aryl methyl sites for hydroxylation is 1. The molecule has 0 unspecified atom stereocenters. The average molecular weight is 420 g/mol. The van der Waals surface area contributed by atoms with E-state index in [1.807, 2.05) is 59.9 Å². The number of thiophene rings is 1. The van der Waals surface area contributed by atoms with Gasteiger partial charge in [0, 0.05) is 4.88 Å². The molecule has 8 heteroatoms. The van der Waals surface area contributed by atoms with Gasteiger partial charge in [-0.1, -0.05) is 30.3 Å². The number of halogens is 1. The van der Waals surface area contributed by atoms with Crippen molar-refractivity contribution in [2.45, 2.75) is 26.9 Å². The van der Waals surface area contributed by atoms with Crippen molar-refractivity contribution in [3.05, 3.63) is 70.6 Å². The Bertz CT molecular complexity index is 966. The second kappa shape index (κ2) is 9.52. The minimum Gasteiger partial charge on any atom is -1.00 e. The summed E-state index contributed by atoms with van der Waals surface area (Å²) in [6.07, 6.45) is 5.67. The molecule has 0 fully saturated rings. The first-order chi connectivity index (χ1) is 13.0. The number of nitrogens with one attached hydrogen (secondary N) is 1. The Hall–Kier alpha value is -2.64. The van der Waals surface area contributed by atoms with Crippen LogP contribution < -0.4 is 22.3 Å². The van der Waals surface area contributed by atoms with Crippen LogP contribution in [0.1, 0.15) is 26.4 Å². The molecule has 3 rings (SSSR count). The number of hydrogen-bond donors (Lipinski definition) is 1. The standard InChI is InChI=1S/C20H21N3O3S.ClH/c1-14-15(2)27-19(18(14)20(25)26-3)21-17(24)12-23-10-9-22(13-23)11-16-7-5-4-6-8-16;/h4-10,13H,11-12H2,1-3H3;1H. The maximum absolute atomic E-state index is 12.4. The van der Waals surface area contributed by atoms with Crippen LogP contribution in [0.15, 0.2) is 49.1 Å². The lowest BCUT2D eigenvalue weighted by Crippen LogP contribution is -3.00. The Morgan fingerprint density at radius 2 is 1.93 bits per heavy atom. The molecule has 28 heavy (non-hydrogen) atoms. The minimum atomic E-state index is -0.436. The van der Waals surface area contributed by atoms with Gasteiger partial charge in [0.15, 0.2) is 6.54 Å². The fraction of sp³-hybridized carbons (Fsp3) is 0.250. The predicted molar refractivity (Wildman–Crippen MR) is 104 cm³/mol. The summed E-state index contributed by atoms with van der Waals surface area (Å²) in [7, 11) is 1.34. The number of aromatic nitrogens is 2. The molecule has 0 radical (unpaired) electrons. The number of carbonyl (C=O) groups excluding carboxylic acids is 2. The molecule has 0 aliphatic heterocycles. The summed E-state index contributed by atoms with van der Waals surface area (Å²) in [5.41, 5.74) is 2.46. The lowest BCUT2D eigenvalue weighted by Gasteiger charge is -2.05. The van der Waals surface area contributed by atoms with E-state index in [1.165, 1.54) is 24.0 Å². The Morgan fingerprint density at radius 1 is 1.21 bits per heavy atom. The monoisotopic (exact) mass is 419 g/mol. The Labute approximate surface area is 174 Å². The van der Waals surface area contributed by atoms with Crippen molar-refractivity contribution in [3.63, 3.8) is 0 Å². The van der Waals surface area contributed by atoms with Gasteiger partial charge in [-0.2, -0.15) is 0 Å². The summed E-state index contributed by atoms with van der Waals surface area (Å²) in [6.45, 7) is 4.68. The molecule has 2 aromatic heterocycles. The van der Waals surface area contributed by atoms with Crippen LogP contribution in [0.5, 0.6) is 0 Å². The SMILES string of the molecule is COC(=O)c1c(NC(=O)Cn2cc[n+](Cc3ccccc3)c2)sc(C)c1C.[Cl-]. The van der Waals surface area contributed by atoms with Gasteiger partial charge >= 0.3 is 5.97 Å². The van der Waals surface area contributed by atoms with Crippen molar-refractivity contribution in [1.82, 2.24) is 4.57 Å². The summed E-state index contributed by atoms with van der Waals surface area (Å²) >= 11 is 1.38. The third-order valence-corrected chi connectivity index (χ3v) is 5.43. The van der Waals surface area contributed by atoms with E-state index in [0.717, 1.165) is 17.0 Å². The third-order valence-electron chi connectivity index (χ3n) is 4.31. The smallest absolute Gasteiger partial charge is 0.341 e. The van der Waals surface area contributed by atoms with Crippen molar-refractivity contribution < 1.29 is 31.3 Å². The van der Waals surface area contributed by atoms with Crippen LogP contribution in [0, 0.1) is 13.8 Å². The van der Waals surface area contributed by atoms with Crippen LogP contribution in [0.2, 0.25) is 0 Å². The maximum Gasteiger partial charge on any atom is 0.341 e. The number of methoxy groups -OCH3 is 1. The number of benzene rings is 1. The molecular weight excluding hydrogens is 398 g/mol. The van der Waals surface area contributed by atoms with Gasteiger partial charge in [0.25, 0.3) is 5.91 Å². The molecule has 0 saturated heterocycles. The topological polar surface area (TPSA) is 64.2 Å². The molecule has 0 aliphatic carbocycles. The molecule has 0 aliphatic rings. The number of amides is 1. The first-order valence-electron chi connectivity index (χ1n) is 8.55. The van der Waals surface area contributed by atoms with E-state index < -0.39 is 5.97 Å². The van der Waals surface area contributed by atoms with E-state index in [-0.39, 0.29) is 24.9 Å². The van der Waals surface area contributed by atoms with E-state index >= 15 is 0 Å². The van der Waals surface area contributed by atoms with Gasteiger partial charge in [-0.25, -0.2) is 13.9 Å². The van der Waals surface area contributed by atoms with E-state index in [2.05, 4.69) is 17.4 Å². The largest absolute Gasteiger partial charge is 1.00 e. The number of ether oxygens (including phenoxy) is 1. The van der Waals surface area contributed by atoms with Crippen LogP contribution in [-0.2, 0) is 22.6 Å². The van der Waals surface area contributed by atoms with Gasteiger partial charge < -0.3 is 22.5 Å². The number of nitrogens with zero attached hydrogens (tertiary/aromatic N) is 2. The average Bonchev–Trinajstić information content (AvgIpc) is 3.19. The highest BCUT2D eigenvalue weighted by Gasteiger charge is 2.22. The number of esters is 1. The highest BCUT2D eigenvalue weighted by Crippen LogP contribution is 2.32. The van der Waals surface area contributed by atoms with Gasteiger partial charge in [-0.05, 0) is 25.0 Å². The fourth-order valence-corrected chi connectivity index (χ4v) is 3.88. The van der Waals surface area contributed by atoms with E-state index in [4.69, 9.17) is 4.74 Å². The van der Waals surface area contributed by atoms with Crippen LogP contribution in [0.4, 0.5) is 5.00 Å². The highest BCUT2D eigenvalue weighted by molar-refractivity contribution is 7.16. The lowest BCUT2D eigenvalue weighted by atomic mass is 10.1. The van der Waals surface area contributed by atoms with E-state index in [1.54, 1.807) is 0 Å². The Balaban J connectivity index is 0.00000280. The van der Waals surface area contributed by atoms with Crippen LogP contribution in [-0.4, -0.2) is 23.6 Å². The molecule has 0 atom stereocenters. The zero-order valence-corrected chi connectivity index (χ0v) is 17.5. The summed E-state index contributed by atoms with van der Waals surface area (Å²) in [4.78, 5) is 25.4.